The Labute approximate surface area is 134 Å². The second-order valence-electron chi connectivity index (χ2n) is 4.64. The van der Waals surface area contributed by atoms with Gasteiger partial charge in [-0.1, -0.05) is 22.0 Å². The van der Waals surface area contributed by atoms with Gasteiger partial charge in [0.25, 0.3) is 0 Å². The van der Waals surface area contributed by atoms with Gasteiger partial charge < -0.3 is 10.2 Å². The molecule has 0 saturated carbocycles. The zero-order valence-electron chi connectivity index (χ0n) is 11.0. The van der Waals surface area contributed by atoms with Gasteiger partial charge in [-0.25, -0.2) is 4.98 Å². The number of thiazole rings is 1. The molecule has 1 aromatic heterocycles. The van der Waals surface area contributed by atoms with Gasteiger partial charge in [-0.15, -0.1) is 11.3 Å². The Kier molecular flexibility index (Phi) is 4.03. The molecule has 1 aliphatic heterocycles. The Bertz CT molecular complexity index is 675. The van der Waals surface area contributed by atoms with Crippen LogP contribution in [-0.2, 0) is 9.59 Å². The molecule has 5 nitrogen and oxygen atoms in total. The number of carbonyl (C=O) groups excluding carboxylic acids is 2. The lowest BCUT2D eigenvalue weighted by atomic mass is 10.1. The summed E-state index contributed by atoms with van der Waals surface area (Å²) >= 11 is 4.73. The number of nitrogens with zero attached hydrogens (tertiary/aromatic N) is 2. The number of aromatic nitrogens is 1. The van der Waals surface area contributed by atoms with E-state index in [2.05, 4.69) is 26.2 Å². The van der Waals surface area contributed by atoms with Crippen LogP contribution in [0.15, 0.2) is 40.3 Å². The van der Waals surface area contributed by atoms with Gasteiger partial charge in [0.15, 0.2) is 5.13 Å². The third-order valence-electron chi connectivity index (χ3n) is 3.30. The number of hydrogen-bond donors (Lipinski definition) is 1. The van der Waals surface area contributed by atoms with E-state index in [1.165, 1.54) is 11.3 Å². The molecule has 1 aromatic carbocycles. The molecule has 1 saturated heterocycles. The molecule has 1 aliphatic rings. The molecule has 1 unspecified atom stereocenters. The molecule has 0 radical (unpaired) electrons. The Morgan fingerprint density at radius 3 is 3.05 bits per heavy atom. The molecule has 108 valence electrons. The summed E-state index contributed by atoms with van der Waals surface area (Å²) in [5.74, 6) is -1.09. The highest BCUT2D eigenvalue weighted by molar-refractivity contribution is 9.10. The monoisotopic (exact) mass is 365 g/mol. The lowest BCUT2D eigenvalue weighted by Crippen LogP contribution is -2.33. The van der Waals surface area contributed by atoms with E-state index in [1.54, 1.807) is 16.5 Å². The average Bonchev–Trinajstić information content (AvgIpc) is 3.08. The van der Waals surface area contributed by atoms with Crippen molar-refractivity contribution < 1.29 is 9.59 Å². The highest BCUT2D eigenvalue weighted by atomic mass is 79.9. The Balaban J connectivity index is 1.73. The highest BCUT2D eigenvalue weighted by Gasteiger charge is 2.37. The van der Waals surface area contributed by atoms with Crippen LogP contribution in [0, 0.1) is 5.92 Å². The first-order valence-corrected chi connectivity index (χ1v) is 8.10. The van der Waals surface area contributed by atoms with Gasteiger partial charge in [-0.2, -0.15) is 0 Å². The van der Waals surface area contributed by atoms with Gasteiger partial charge in [-0.05, 0) is 24.6 Å². The van der Waals surface area contributed by atoms with E-state index < -0.39 is 5.92 Å². The standard InChI is InChI=1S/C14H12BrN3O2S/c15-9-2-1-3-10(8-9)18-6-4-11(13(18)20)12(19)17-14-16-5-7-21-14/h1-3,5,7-8,11H,4,6H2,(H,16,17,19). The average molecular weight is 366 g/mol. The van der Waals surface area contributed by atoms with Crippen LogP contribution >= 0.6 is 27.3 Å². The summed E-state index contributed by atoms with van der Waals surface area (Å²) in [5.41, 5.74) is 0.805. The van der Waals surface area contributed by atoms with Crippen molar-refractivity contribution in [2.45, 2.75) is 6.42 Å². The van der Waals surface area contributed by atoms with Gasteiger partial charge in [0.2, 0.25) is 11.8 Å². The van der Waals surface area contributed by atoms with E-state index in [-0.39, 0.29) is 11.8 Å². The van der Waals surface area contributed by atoms with Gasteiger partial charge in [0.1, 0.15) is 5.92 Å². The molecule has 1 fully saturated rings. The predicted molar refractivity (Wildman–Crippen MR) is 85.3 cm³/mol. The molecule has 3 rings (SSSR count). The van der Waals surface area contributed by atoms with Crippen molar-refractivity contribution in [3.05, 3.63) is 40.3 Å². The van der Waals surface area contributed by atoms with E-state index in [9.17, 15) is 9.59 Å². The summed E-state index contributed by atoms with van der Waals surface area (Å²) < 4.78 is 0.906. The third-order valence-corrected chi connectivity index (χ3v) is 4.49. The Morgan fingerprint density at radius 1 is 1.48 bits per heavy atom. The van der Waals surface area contributed by atoms with Crippen LogP contribution in [0.25, 0.3) is 0 Å². The number of nitrogens with one attached hydrogen (secondary N) is 1. The minimum atomic E-state index is -0.645. The lowest BCUT2D eigenvalue weighted by molar-refractivity contribution is -0.129. The summed E-state index contributed by atoms with van der Waals surface area (Å²) in [5, 5.41) is 4.99. The number of rotatable bonds is 3. The van der Waals surface area contributed by atoms with Crippen LogP contribution in [0.2, 0.25) is 0 Å². The van der Waals surface area contributed by atoms with E-state index in [0.717, 1.165) is 10.2 Å². The van der Waals surface area contributed by atoms with Crippen molar-refractivity contribution in [2.24, 2.45) is 5.92 Å². The summed E-state index contributed by atoms with van der Waals surface area (Å²) in [7, 11) is 0. The van der Waals surface area contributed by atoms with Crippen molar-refractivity contribution in [3.8, 4) is 0 Å². The number of hydrogen-bond acceptors (Lipinski definition) is 4. The van der Waals surface area contributed by atoms with E-state index >= 15 is 0 Å². The lowest BCUT2D eigenvalue weighted by Gasteiger charge is -2.16. The Morgan fingerprint density at radius 2 is 2.33 bits per heavy atom. The third kappa shape index (κ3) is 2.98. The molecular weight excluding hydrogens is 354 g/mol. The minimum absolute atomic E-state index is 0.165. The van der Waals surface area contributed by atoms with Crippen LogP contribution in [0.5, 0.6) is 0 Å². The largest absolute Gasteiger partial charge is 0.312 e. The van der Waals surface area contributed by atoms with Crippen LogP contribution < -0.4 is 10.2 Å². The fourth-order valence-corrected chi connectivity index (χ4v) is 3.22. The number of benzene rings is 1. The van der Waals surface area contributed by atoms with E-state index in [4.69, 9.17) is 0 Å². The SMILES string of the molecule is O=C(Nc1nccs1)C1CCN(c2cccc(Br)c2)C1=O. The molecule has 2 heterocycles. The van der Waals surface area contributed by atoms with Crippen molar-refractivity contribution in [3.63, 3.8) is 0 Å². The van der Waals surface area contributed by atoms with Gasteiger partial charge in [-0.3, -0.25) is 9.59 Å². The fourth-order valence-electron chi connectivity index (χ4n) is 2.30. The highest BCUT2D eigenvalue weighted by Crippen LogP contribution is 2.28. The van der Waals surface area contributed by atoms with E-state index in [0.29, 0.717) is 18.1 Å². The smallest absolute Gasteiger partial charge is 0.239 e. The van der Waals surface area contributed by atoms with Crippen LogP contribution in [0.1, 0.15) is 6.42 Å². The normalized spacial score (nSPS) is 18.0. The predicted octanol–water partition coefficient (Wildman–Crippen LogP) is 2.90. The van der Waals surface area contributed by atoms with Crippen LogP contribution in [0.4, 0.5) is 10.8 Å². The second kappa shape index (κ2) is 5.95. The van der Waals surface area contributed by atoms with E-state index in [1.807, 2.05) is 24.3 Å². The van der Waals surface area contributed by atoms with Crippen molar-refractivity contribution in [1.29, 1.82) is 0 Å². The zero-order valence-corrected chi connectivity index (χ0v) is 13.4. The summed E-state index contributed by atoms with van der Waals surface area (Å²) in [4.78, 5) is 30.2. The first-order valence-electron chi connectivity index (χ1n) is 6.42. The summed E-state index contributed by atoms with van der Waals surface area (Å²) in [6.07, 6.45) is 2.13. The summed E-state index contributed by atoms with van der Waals surface area (Å²) in [6, 6.07) is 7.51. The molecule has 7 heteroatoms. The molecule has 1 atom stereocenters. The molecular formula is C14H12BrN3O2S. The molecule has 0 bridgehead atoms. The maximum Gasteiger partial charge on any atom is 0.239 e. The Hall–Kier alpha value is -1.73. The molecule has 2 aromatic rings. The van der Waals surface area contributed by atoms with Crippen molar-refractivity contribution in [1.82, 2.24) is 4.98 Å². The minimum Gasteiger partial charge on any atom is -0.312 e. The second-order valence-corrected chi connectivity index (χ2v) is 6.45. The fraction of sp³-hybridized carbons (Fsp3) is 0.214. The summed E-state index contributed by atoms with van der Waals surface area (Å²) in [6.45, 7) is 0.547. The van der Waals surface area contributed by atoms with Crippen molar-refractivity contribution >= 4 is 49.9 Å². The van der Waals surface area contributed by atoms with Gasteiger partial charge in [0, 0.05) is 28.3 Å². The number of anilines is 2. The molecule has 2 amide bonds. The maximum atomic E-state index is 12.4. The van der Waals surface area contributed by atoms with Crippen LogP contribution in [0.3, 0.4) is 0 Å². The topological polar surface area (TPSA) is 62.3 Å². The molecule has 0 aliphatic carbocycles. The van der Waals surface area contributed by atoms with Crippen LogP contribution in [-0.4, -0.2) is 23.3 Å². The zero-order chi connectivity index (χ0) is 14.8. The number of halogens is 1. The maximum absolute atomic E-state index is 12.4. The first kappa shape index (κ1) is 14.2. The number of amides is 2. The first-order chi connectivity index (χ1) is 10.1. The number of carbonyl (C=O) groups is 2. The van der Waals surface area contributed by atoms with Gasteiger partial charge >= 0.3 is 0 Å². The van der Waals surface area contributed by atoms with Gasteiger partial charge in [0.05, 0.1) is 0 Å². The molecule has 0 spiro atoms. The molecule has 21 heavy (non-hydrogen) atoms. The quantitative estimate of drug-likeness (QED) is 0.850. The van der Waals surface area contributed by atoms with Crippen molar-refractivity contribution in [2.75, 3.05) is 16.8 Å². The molecule has 1 N–H and O–H groups in total.